The molecule has 0 amide bonds. The fourth-order valence-electron chi connectivity index (χ4n) is 2.59. The minimum Gasteiger partial charge on any atom is -0.454 e. The first-order chi connectivity index (χ1) is 8.22. The minimum absolute atomic E-state index is 0.287. The number of halogens is 1. The number of anilines is 1. The fraction of sp³-hybridized carbons (Fsp3) is 0.538. The number of ether oxygens (including phenoxy) is 2. The quantitative estimate of drug-likeness (QED) is 0.872. The van der Waals surface area contributed by atoms with Crippen molar-refractivity contribution in [2.75, 3.05) is 12.1 Å². The topological polar surface area (TPSA) is 30.5 Å². The molecule has 2 aliphatic rings. The number of fused-ring (bicyclic) bond motifs is 1. The van der Waals surface area contributed by atoms with E-state index in [9.17, 15) is 0 Å². The molecule has 1 fully saturated rings. The molecule has 1 heterocycles. The molecule has 4 heteroatoms. The van der Waals surface area contributed by atoms with Crippen molar-refractivity contribution in [3.63, 3.8) is 0 Å². The van der Waals surface area contributed by atoms with Crippen LogP contribution in [-0.2, 0) is 0 Å². The number of hydrogen-bond acceptors (Lipinski definition) is 3. The molecule has 0 spiro atoms. The Balaban J connectivity index is 1.79. The highest BCUT2D eigenvalue weighted by Crippen LogP contribution is 2.40. The van der Waals surface area contributed by atoms with Gasteiger partial charge in [0.25, 0.3) is 0 Å². The van der Waals surface area contributed by atoms with Gasteiger partial charge in [0.1, 0.15) is 0 Å². The Kier molecular flexibility index (Phi) is 2.79. The number of nitrogens with one attached hydrogen (secondary N) is 1. The Morgan fingerprint density at radius 3 is 2.71 bits per heavy atom. The lowest BCUT2D eigenvalue weighted by molar-refractivity contribution is 0.174. The van der Waals surface area contributed by atoms with Gasteiger partial charge < -0.3 is 14.8 Å². The Hall–Kier alpha value is -1.09. The van der Waals surface area contributed by atoms with Crippen molar-refractivity contribution in [1.82, 2.24) is 0 Å². The summed E-state index contributed by atoms with van der Waals surface area (Å²) in [5.74, 6) is 2.32. The van der Waals surface area contributed by atoms with Gasteiger partial charge in [-0.1, -0.05) is 18.5 Å². The molecule has 17 heavy (non-hydrogen) atoms. The highest BCUT2D eigenvalue weighted by molar-refractivity contribution is 6.33. The SMILES string of the molecule is CC1CCC(Nc2cc3c(cc2Cl)OCO3)C1. The zero-order chi connectivity index (χ0) is 11.8. The fourth-order valence-corrected chi connectivity index (χ4v) is 2.79. The van der Waals surface area contributed by atoms with E-state index in [1.165, 1.54) is 19.3 Å². The molecule has 0 saturated heterocycles. The summed E-state index contributed by atoms with van der Waals surface area (Å²) < 4.78 is 10.6. The molecule has 1 aliphatic carbocycles. The first kappa shape index (κ1) is 11.0. The largest absolute Gasteiger partial charge is 0.454 e. The van der Waals surface area contributed by atoms with Gasteiger partial charge in [0.2, 0.25) is 6.79 Å². The van der Waals surface area contributed by atoms with Crippen molar-refractivity contribution < 1.29 is 9.47 Å². The molecule has 0 aromatic heterocycles. The molecule has 3 nitrogen and oxygen atoms in total. The molecular formula is C13H16ClNO2. The van der Waals surface area contributed by atoms with Gasteiger partial charge in [0.15, 0.2) is 11.5 Å². The number of hydrogen-bond donors (Lipinski definition) is 1. The maximum Gasteiger partial charge on any atom is 0.231 e. The van der Waals surface area contributed by atoms with Crippen molar-refractivity contribution in [2.45, 2.75) is 32.2 Å². The highest BCUT2D eigenvalue weighted by atomic mass is 35.5. The average molecular weight is 254 g/mol. The van der Waals surface area contributed by atoms with Gasteiger partial charge in [0.05, 0.1) is 10.7 Å². The summed E-state index contributed by atoms with van der Waals surface area (Å²) in [7, 11) is 0. The first-order valence-electron chi connectivity index (χ1n) is 6.08. The molecule has 1 aliphatic heterocycles. The zero-order valence-corrected chi connectivity index (χ0v) is 10.6. The first-order valence-corrected chi connectivity index (χ1v) is 6.46. The van der Waals surface area contributed by atoms with Gasteiger partial charge in [-0.25, -0.2) is 0 Å². The molecule has 1 aromatic rings. The molecule has 0 radical (unpaired) electrons. The van der Waals surface area contributed by atoms with Crippen LogP contribution in [0, 0.1) is 5.92 Å². The van der Waals surface area contributed by atoms with Crippen LogP contribution in [0.1, 0.15) is 26.2 Å². The van der Waals surface area contributed by atoms with E-state index in [4.69, 9.17) is 21.1 Å². The summed E-state index contributed by atoms with van der Waals surface area (Å²) in [6.07, 6.45) is 3.72. The average Bonchev–Trinajstić information content (AvgIpc) is 2.88. The maximum absolute atomic E-state index is 6.22. The standard InChI is InChI=1S/C13H16ClNO2/c1-8-2-3-9(4-8)15-11-6-13-12(5-10(11)14)16-7-17-13/h5-6,8-9,15H,2-4,7H2,1H3. The van der Waals surface area contributed by atoms with Gasteiger partial charge in [0, 0.05) is 18.2 Å². The van der Waals surface area contributed by atoms with Crippen LogP contribution in [0.25, 0.3) is 0 Å². The lowest BCUT2D eigenvalue weighted by Gasteiger charge is -2.15. The lowest BCUT2D eigenvalue weighted by atomic mass is 10.1. The Labute approximate surface area is 106 Å². The molecule has 3 rings (SSSR count). The van der Waals surface area contributed by atoms with E-state index in [1.54, 1.807) is 0 Å². The molecule has 1 N–H and O–H groups in total. The third kappa shape index (κ3) is 2.16. The van der Waals surface area contributed by atoms with Crippen LogP contribution < -0.4 is 14.8 Å². The summed E-state index contributed by atoms with van der Waals surface area (Å²) >= 11 is 6.22. The Morgan fingerprint density at radius 1 is 1.24 bits per heavy atom. The van der Waals surface area contributed by atoms with Crippen molar-refractivity contribution >= 4 is 17.3 Å². The van der Waals surface area contributed by atoms with Crippen LogP contribution in [0.3, 0.4) is 0 Å². The molecule has 2 atom stereocenters. The summed E-state index contributed by atoms with van der Waals surface area (Å²) in [4.78, 5) is 0. The summed E-state index contributed by atoms with van der Waals surface area (Å²) in [6.45, 7) is 2.58. The third-order valence-corrected chi connectivity index (χ3v) is 3.83. The molecule has 92 valence electrons. The summed E-state index contributed by atoms with van der Waals surface area (Å²) in [6, 6.07) is 4.29. The van der Waals surface area contributed by atoms with Crippen LogP contribution in [0.15, 0.2) is 12.1 Å². The minimum atomic E-state index is 0.287. The summed E-state index contributed by atoms with van der Waals surface area (Å²) in [5.41, 5.74) is 0.954. The van der Waals surface area contributed by atoms with Crippen LogP contribution in [0.2, 0.25) is 5.02 Å². The smallest absolute Gasteiger partial charge is 0.231 e. The summed E-state index contributed by atoms with van der Waals surface area (Å²) in [5, 5.41) is 4.20. The van der Waals surface area contributed by atoms with E-state index in [1.807, 2.05) is 12.1 Å². The Morgan fingerprint density at radius 2 is 2.00 bits per heavy atom. The van der Waals surface area contributed by atoms with Gasteiger partial charge in [-0.3, -0.25) is 0 Å². The van der Waals surface area contributed by atoms with E-state index < -0.39 is 0 Å². The number of benzene rings is 1. The van der Waals surface area contributed by atoms with E-state index in [0.717, 1.165) is 23.1 Å². The Bertz CT molecular complexity index is 436. The van der Waals surface area contributed by atoms with Crippen LogP contribution in [0.5, 0.6) is 11.5 Å². The molecule has 1 saturated carbocycles. The van der Waals surface area contributed by atoms with Crippen molar-refractivity contribution in [1.29, 1.82) is 0 Å². The molecule has 0 bridgehead atoms. The van der Waals surface area contributed by atoms with E-state index in [0.29, 0.717) is 11.1 Å². The molecular weight excluding hydrogens is 238 g/mol. The number of rotatable bonds is 2. The monoisotopic (exact) mass is 253 g/mol. The second-order valence-electron chi connectivity index (χ2n) is 4.94. The normalized spacial score (nSPS) is 26.2. The van der Waals surface area contributed by atoms with Gasteiger partial charge in [-0.2, -0.15) is 0 Å². The molecule has 1 aromatic carbocycles. The van der Waals surface area contributed by atoms with E-state index >= 15 is 0 Å². The second kappa shape index (κ2) is 4.30. The van der Waals surface area contributed by atoms with Crippen LogP contribution >= 0.6 is 11.6 Å². The van der Waals surface area contributed by atoms with E-state index in [2.05, 4.69) is 12.2 Å². The maximum atomic E-state index is 6.22. The predicted molar refractivity (Wildman–Crippen MR) is 68.0 cm³/mol. The van der Waals surface area contributed by atoms with Crippen LogP contribution in [0.4, 0.5) is 5.69 Å². The highest BCUT2D eigenvalue weighted by Gasteiger charge is 2.23. The van der Waals surface area contributed by atoms with Crippen LogP contribution in [-0.4, -0.2) is 12.8 Å². The van der Waals surface area contributed by atoms with Crippen molar-refractivity contribution in [3.8, 4) is 11.5 Å². The third-order valence-electron chi connectivity index (χ3n) is 3.52. The zero-order valence-electron chi connectivity index (χ0n) is 9.83. The van der Waals surface area contributed by atoms with Gasteiger partial charge >= 0.3 is 0 Å². The van der Waals surface area contributed by atoms with Gasteiger partial charge in [-0.05, 0) is 25.2 Å². The van der Waals surface area contributed by atoms with Crippen molar-refractivity contribution in [2.24, 2.45) is 5.92 Å². The molecule has 2 unspecified atom stereocenters. The second-order valence-corrected chi connectivity index (χ2v) is 5.35. The van der Waals surface area contributed by atoms with Gasteiger partial charge in [-0.15, -0.1) is 0 Å². The lowest BCUT2D eigenvalue weighted by Crippen LogP contribution is -2.15. The van der Waals surface area contributed by atoms with E-state index in [-0.39, 0.29) is 6.79 Å². The van der Waals surface area contributed by atoms with Crippen molar-refractivity contribution in [3.05, 3.63) is 17.2 Å². The predicted octanol–water partition coefficient (Wildman–Crippen LogP) is 3.67.